The summed E-state index contributed by atoms with van der Waals surface area (Å²) in [6.07, 6.45) is 0. The first-order valence-electron chi connectivity index (χ1n) is 8.14. The summed E-state index contributed by atoms with van der Waals surface area (Å²) in [7, 11) is 0. The third-order valence-corrected chi connectivity index (χ3v) is 48.3. The van der Waals surface area contributed by atoms with Crippen LogP contribution in [0.4, 0.5) is 0 Å². The maximum atomic E-state index is 6.82. The van der Waals surface area contributed by atoms with Gasteiger partial charge in [0, 0.05) is 0 Å². The number of hydrogen-bond donors (Lipinski definition) is 0. The zero-order valence-electron chi connectivity index (χ0n) is 15.1. The van der Waals surface area contributed by atoms with Gasteiger partial charge in [0.1, 0.15) is 0 Å². The normalized spacial score (nSPS) is 12.8. The van der Waals surface area contributed by atoms with Crippen molar-refractivity contribution in [3.05, 3.63) is 60.7 Å². The van der Waals surface area contributed by atoms with Crippen LogP contribution in [0.5, 0.6) is 11.5 Å². The summed E-state index contributed by atoms with van der Waals surface area (Å²) in [5.41, 5.74) is 0. The van der Waals surface area contributed by atoms with Gasteiger partial charge in [-0.2, -0.15) is 0 Å². The van der Waals surface area contributed by atoms with E-state index >= 15 is 0 Å². The monoisotopic (exact) mass is 380 g/mol. The van der Waals surface area contributed by atoms with Crippen molar-refractivity contribution < 1.29 is 22.5 Å². The van der Waals surface area contributed by atoms with Gasteiger partial charge in [-0.1, -0.05) is 0 Å². The molecule has 0 heterocycles. The Bertz CT molecular complexity index is 561. The number of rotatable bonds is 6. The molecule has 2 nitrogen and oxygen atoms in total. The van der Waals surface area contributed by atoms with Gasteiger partial charge in [-0.3, -0.25) is 0 Å². The van der Waals surface area contributed by atoms with E-state index in [1.807, 2.05) is 36.4 Å². The molecule has 5 heteroatoms. The molecule has 124 valence electrons. The fraction of sp³-hybridized carbons (Fsp3) is 0.333. The van der Waals surface area contributed by atoms with Gasteiger partial charge < -0.3 is 0 Å². The van der Waals surface area contributed by atoms with E-state index in [0.29, 0.717) is 0 Å². The molecule has 2 rings (SSSR count). The summed E-state index contributed by atoms with van der Waals surface area (Å²) in [6.45, 7) is 14.5. The maximum absolute atomic E-state index is 6.82. The summed E-state index contributed by atoms with van der Waals surface area (Å²) in [4.78, 5) is 0. The summed E-state index contributed by atoms with van der Waals surface area (Å²) < 4.78 is 13.6. The van der Waals surface area contributed by atoms with Crippen molar-refractivity contribution in [3.8, 4) is 11.5 Å². The van der Waals surface area contributed by atoms with E-state index in [0.717, 1.165) is 11.5 Å². The van der Waals surface area contributed by atoms with Gasteiger partial charge in [-0.25, -0.2) is 0 Å². The van der Waals surface area contributed by atoms with E-state index in [1.165, 1.54) is 0 Å². The zero-order valence-corrected chi connectivity index (χ0v) is 18.7. The van der Waals surface area contributed by atoms with Crippen LogP contribution in [-0.2, 0) is 15.9 Å². The third-order valence-electron chi connectivity index (χ3n) is 3.98. The average molecular weight is 380 g/mol. The van der Waals surface area contributed by atoms with Crippen LogP contribution in [0.1, 0.15) is 0 Å². The fourth-order valence-electron chi connectivity index (χ4n) is 3.07. The van der Waals surface area contributed by atoms with Gasteiger partial charge >= 0.3 is 146 Å². The molecule has 0 aliphatic heterocycles. The van der Waals surface area contributed by atoms with Crippen molar-refractivity contribution in [2.45, 2.75) is 39.3 Å². The van der Waals surface area contributed by atoms with E-state index in [4.69, 9.17) is 6.64 Å². The molecule has 2 aromatic rings. The second kappa shape index (κ2) is 6.97. The van der Waals surface area contributed by atoms with Gasteiger partial charge in [-0.15, -0.1) is 0 Å². The molecule has 0 amide bonds. The van der Waals surface area contributed by atoms with Crippen LogP contribution in [0, 0.1) is 0 Å². The van der Waals surface area contributed by atoms with Crippen LogP contribution in [0.25, 0.3) is 0 Å². The van der Waals surface area contributed by atoms with Crippen LogP contribution < -0.4 is 6.64 Å². The molecule has 23 heavy (non-hydrogen) atoms. The Morgan fingerprint density at radius 1 is 0.565 bits per heavy atom. The van der Waals surface area contributed by atoms with E-state index in [2.05, 4.69) is 63.5 Å². The van der Waals surface area contributed by atoms with Crippen molar-refractivity contribution >= 4 is 11.9 Å². The Balaban J connectivity index is 2.51. The van der Waals surface area contributed by atoms with Gasteiger partial charge in [0.05, 0.1) is 0 Å². The quantitative estimate of drug-likeness (QED) is 0.590. The van der Waals surface area contributed by atoms with Crippen LogP contribution in [0.2, 0.25) is 39.3 Å². The average Bonchev–Trinajstić information content (AvgIpc) is 2.46. The summed E-state index contributed by atoms with van der Waals surface area (Å²) in [5.74, 6) is -1.33. The van der Waals surface area contributed by atoms with Gasteiger partial charge in [0.2, 0.25) is 0 Å². The molecule has 0 aromatic heterocycles. The molecule has 0 fully saturated rings. The second-order valence-corrected chi connectivity index (χ2v) is 41.1. The van der Waals surface area contributed by atoms with E-state index in [-0.39, 0.29) is 0 Å². The Morgan fingerprint density at radius 3 is 1.13 bits per heavy atom. The van der Waals surface area contributed by atoms with Crippen molar-refractivity contribution in [2.24, 2.45) is 0 Å². The molecule has 0 saturated heterocycles. The number of para-hydroxylation sites is 2. The molecule has 0 bridgehead atoms. The number of hydrogen-bond acceptors (Lipinski definition) is 2. The van der Waals surface area contributed by atoms with Crippen molar-refractivity contribution in [1.29, 1.82) is 0 Å². The topological polar surface area (TPSA) is 18.5 Å². The first-order chi connectivity index (χ1) is 10.7. The van der Waals surface area contributed by atoms with Crippen LogP contribution >= 0.6 is 0 Å². The molecule has 0 spiro atoms. The summed E-state index contributed by atoms with van der Waals surface area (Å²) >= 11 is -3.05. The van der Waals surface area contributed by atoms with E-state index < -0.39 is 27.8 Å². The van der Waals surface area contributed by atoms with Gasteiger partial charge in [0.15, 0.2) is 0 Å². The minimum atomic E-state index is -3.05. The SMILES string of the molecule is C[Si](C)(C)[Ti]([O]c1ccccc1)([O]c1ccccc1)[Si](C)(C)C. The van der Waals surface area contributed by atoms with Crippen molar-refractivity contribution in [3.63, 3.8) is 0 Å². The predicted molar refractivity (Wildman–Crippen MR) is 101 cm³/mol. The Morgan fingerprint density at radius 2 is 0.870 bits per heavy atom. The molecule has 0 unspecified atom stereocenters. The van der Waals surface area contributed by atoms with Crippen LogP contribution in [-0.4, -0.2) is 11.9 Å². The van der Waals surface area contributed by atoms with Crippen molar-refractivity contribution in [2.75, 3.05) is 0 Å². The predicted octanol–water partition coefficient (Wildman–Crippen LogP) is 5.80. The Hall–Kier alpha value is -0.812. The number of benzene rings is 2. The van der Waals surface area contributed by atoms with E-state index in [1.54, 1.807) is 0 Å². The Labute approximate surface area is 145 Å². The molecule has 2 aromatic carbocycles. The molecule has 0 radical (unpaired) electrons. The molecular formula is C18H28O2Si2Ti. The van der Waals surface area contributed by atoms with E-state index in [9.17, 15) is 0 Å². The standard InChI is InChI=1S/2C6H6O.2C3H9Si.Ti/c2*7-6-4-2-1-3-5-6;2*1-4(2)3;/h2*1-5,7H;2*1-3H3;/q;;;;+2/p-2. The third kappa shape index (κ3) is 4.18. The summed E-state index contributed by atoms with van der Waals surface area (Å²) in [5, 5.41) is 0. The first kappa shape index (κ1) is 18.5. The first-order valence-corrected chi connectivity index (χ1v) is 21.1. The zero-order chi connectivity index (χ0) is 17.1. The van der Waals surface area contributed by atoms with Crippen LogP contribution in [0.3, 0.4) is 0 Å². The molecule has 0 N–H and O–H groups in total. The Kier molecular flexibility index (Phi) is 5.62. The fourth-order valence-corrected chi connectivity index (χ4v) is 54.1. The van der Waals surface area contributed by atoms with Gasteiger partial charge in [-0.05, 0) is 0 Å². The molecule has 0 atom stereocenters. The van der Waals surface area contributed by atoms with Gasteiger partial charge in [0.25, 0.3) is 0 Å². The molecule has 0 aliphatic rings. The summed E-state index contributed by atoms with van der Waals surface area (Å²) in [6, 6.07) is 20.5. The van der Waals surface area contributed by atoms with Crippen molar-refractivity contribution in [1.82, 2.24) is 0 Å². The molecular weight excluding hydrogens is 352 g/mol. The molecule has 0 saturated carbocycles. The minimum absolute atomic E-state index is 0.966. The second-order valence-electron chi connectivity index (χ2n) is 7.95. The molecule has 0 aliphatic carbocycles. The van der Waals surface area contributed by atoms with Crippen LogP contribution in [0.15, 0.2) is 60.7 Å².